The van der Waals surface area contributed by atoms with E-state index in [0.717, 1.165) is 33.2 Å². The van der Waals surface area contributed by atoms with Gasteiger partial charge in [-0.3, -0.25) is 4.40 Å². The summed E-state index contributed by atoms with van der Waals surface area (Å²) in [5.74, 6) is 0. The molecule has 0 fully saturated rings. The molecule has 4 heterocycles. The molecule has 11 rings (SSSR count). The van der Waals surface area contributed by atoms with Crippen molar-refractivity contribution in [3.63, 3.8) is 0 Å². The highest BCUT2D eigenvalue weighted by molar-refractivity contribution is 7.26. The molecule has 0 bridgehead atoms. The van der Waals surface area contributed by atoms with Crippen LogP contribution in [0, 0.1) is 0 Å². The van der Waals surface area contributed by atoms with Gasteiger partial charge in [-0.1, -0.05) is 109 Å². The second-order valence-corrected chi connectivity index (χ2v) is 13.6. The number of hydrogen-bond donors (Lipinski definition) is 0. The Morgan fingerprint density at radius 2 is 1.21 bits per heavy atom. The van der Waals surface area contributed by atoms with Gasteiger partial charge in [-0.25, -0.2) is 9.97 Å². The summed E-state index contributed by atoms with van der Waals surface area (Å²) in [4.78, 5) is 10.4. The zero-order chi connectivity index (χ0) is 31.3. The van der Waals surface area contributed by atoms with E-state index in [1.807, 2.05) is 11.3 Å². The number of rotatable bonds is 2. The van der Waals surface area contributed by atoms with Gasteiger partial charge in [0, 0.05) is 31.8 Å². The van der Waals surface area contributed by atoms with Gasteiger partial charge < -0.3 is 0 Å². The summed E-state index contributed by atoms with van der Waals surface area (Å²) in [5, 5.41) is 8.47. The summed E-state index contributed by atoms with van der Waals surface area (Å²) in [7, 11) is 0. The van der Waals surface area contributed by atoms with E-state index >= 15 is 0 Å². The predicted molar refractivity (Wildman–Crippen MR) is 204 cm³/mol. The van der Waals surface area contributed by atoms with E-state index in [2.05, 4.69) is 156 Å². The zero-order valence-corrected chi connectivity index (χ0v) is 26.5. The van der Waals surface area contributed by atoms with E-state index in [-0.39, 0.29) is 0 Å². The number of benzene rings is 7. The van der Waals surface area contributed by atoms with Crippen molar-refractivity contribution in [1.29, 1.82) is 0 Å². The summed E-state index contributed by atoms with van der Waals surface area (Å²) < 4.78 is 4.85. The Kier molecular flexibility index (Phi) is 5.26. The normalized spacial score (nSPS) is 12.2. The van der Waals surface area contributed by atoms with Gasteiger partial charge in [0.05, 0.1) is 32.3 Å². The number of nitrogens with zero attached hydrogens (tertiary/aromatic N) is 3. The van der Waals surface area contributed by atoms with Crippen LogP contribution in [0.1, 0.15) is 0 Å². The molecule has 4 heteroatoms. The third-order valence-electron chi connectivity index (χ3n) is 9.93. The molecular weight excluding hydrogens is 603 g/mol. The Balaban J connectivity index is 1.20. The van der Waals surface area contributed by atoms with Crippen molar-refractivity contribution in [1.82, 2.24) is 14.4 Å². The van der Waals surface area contributed by atoms with Crippen molar-refractivity contribution in [2.45, 2.75) is 0 Å². The average molecular weight is 628 g/mol. The molecule has 0 atom stereocenters. The summed E-state index contributed by atoms with van der Waals surface area (Å²) in [6, 6.07) is 54.8. The summed E-state index contributed by atoms with van der Waals surface area (Å²) in [5.41, 5.74) is 11.2. The van der Waals surface area contributed by atoms with Gasteiger partial charge in [0.25, 0.3) is 0 Å². The number of imidazole rings is 1. The lowest BCUT2D eigenvalue weighted by Gasteiger charge is -2.14. The monoisotopic (exact) mass is 627 g/mol. The van der Waals surface area contributed by atoms with Gasteiger partial charge in [0.2, 0.25) is 0 Å². The van der Waals surface area contributed by atoms with Crippen LogP contribution in [0.2, 0.25) is 0 Å². The third-order valence-corrected chi connectivity index (χ3v) is 11.1. The Morgan fingerprint density at radius 3 is 2.15 bits per heavy atom. The van der Waals surface area contributed by atoms with Crippen LogP contribution in [0.4, 0.5) is 0 Å². The minimum atomic E-state index is 1.00. The van der Waals surface area contributed by atoms with Gasteiger partial charge in [0.15, 0.2) is 0 Å². The Bertz CT molecular complexity index is 3130. The Labute approximate surface area is 279 Å². The molecule has 48 heavy (non-hydrogen) atoms. The average Bonchev–Trinajstić information content (AvgIpc) is 3.72. The maximum absolute atomic E-state index is 5.19. The number of thiophene rings is 1. The summed E-state index contributed by atoms with van der Waals surface area (Å²) in [6.45, 7) is 0. The van der Waals surface area contributed by atoms with Crippen molar-refractivity contribution in [2.75, 3.05) is 0 Å². The van der Waals surface area contributed by atoms with Crippen LogP contribution >= 0.6 is 11.3 Å². The van der Waals surface area contributed by atoms with Crippen molar-refractivity contribution in [3.05, 3.63) is 152 Å². The fraction of sp³-hybridized carbons (Fsp3) is 0. The summed E-state index contributed by atoms with van der Waals surface area (Å²) in [6.07, 6.45) is 0. The van der Waals surface area contributed by atoms with E-state index in [1.54, 1.807) is 0 Å². The molecule has 0 N–H and O–H groups in total. The second-order valence-electron chi connectivity index (χ2n) is 12.6. The largest absolute Gasteiger partial charge is 0.292 e. The lowest BCUT2D eigenvalue weighted by molar-refractivity contribution is 1.32. The molecular formula is C44H25N3S. The number of pyridine rings is 2. The van der Waals surface area contributed by atoms with Crippen LogP contribution in [-0.2, 0) is 0 Å². The van der Waals surface area contributed by atoms with Crippen molar-refractivity contribution in [3.8, 4) is 22.3 Å². The van der Waals surface area contributed by atoms with Gasteiger partial charge in [-0.2, -0.15) is 0 Å². The molecule has 4 aromatic heterocycles. The van der Waals surface area contributed by atoms with Crippen molar-refractivity contribution >= 4 is 91.7 Å². The van der Waals surface area contributed by atoms with Crippen LogP contribution < -0.4 is 0 Å². The first-order chi connectivity index (χ1) is 23.8. The fourth-order valence-electron chi connectivity index (χ4n) is 7.78. The zero-order valence-electron chi connectivity index (χ0n) is 25.7. The maximum Gasteiger partial charge on any atom is 0.147 e. The maximum atomic E-state index is 5.19. The standard InChI is InChI=1S/C44H25N3S/c1-2-13-30-26(10-1)20-22-31-34-25-28(21-23-37(34)47-38-18-7-6-17-36(38)46-44(47)41(30)31)27-11-9-12-29(24-27)40-32-14-3-5-16-35(32)45-42-33-15-4-8-19-39(33)48-43(40)42/h1-25H. The highest BCUT2D eigenvalue weighted by atomic mass is 32.1. The van der Waals surface area contributed by atoms with Gasteiger partial charge in [-0.15, -0.1) is 11.3 Å². The summed E-state index contributed by atoms with van der Waals surface area (Å²) >= 11 is 1.84. The number of fused-ring (bicyclic) bond motifs is 14. The topological polar surface area (TPSA) is 30.2 Å². The first-order valence-corrected chi connectivity index (χ1v) is 17.1. The predicted octanol–water partition coefficient (Wildman–Crippen LogP) is 12.2. The first-order valence-electron chi connectivity index (χ1n) is 16.3. The lowest BCUT2D eigenvalue weighted by atomic mass is 9.94. The van der Waals surface area contributed by atoms with Crippen LogP contribution in [0.15, 0.2) is 152 Å². The SMILES string of the molecule is c1cc(-c2ccc3c(c2)c2ccc4ccccc4c2c2nc4ccccc4n32)cc(-c2c3ccccc3nc3c2sc2ccccc23)c1. The molecule has 0 saturated carbocycles. The lowest BCUT2D eigenvalue weighted by Crippen LogP contribution is -1.93. The van der Waals surface area contributed by atoms with E-state index in [9.17, 15) is 0 Å². The van der Waals surface area contributed by atoms with Crippen LogP contribution in [0.5, 0.6) is 0 Å². The smallest absolute Gasteiger partial charge is 0.147 e. The molecule has 0 radical (unpaired) electrons. The molecule has 3 nitrogen and oxygen atoms in total. The fourth-order valence-corrected chi connectivity index (χ4v) is 9.00. The van der Waals surface area contributed by atoms with E-state index < -0.39 is 0 Å². The Morgan fingerprint density at radius 1 is 0.458 bits per heavy atom. The van der Waals surface area contributed by atoms with Crippen molar-refractivity contribution in [2.24, 2.45) is 0 Å². The second kappa shape index (κ2) is 9.71. The highest BCUT2D eigenvalue weighted by Crippen LogP contribution is 2.44. The minimum absolute atomic E-state index is 1.00. The highest BCUT2D eigenvalue weighted by Gasteiger charge is 2.18. The molecule has 0 amide bonds. The number of para-hydroxylation sites is 3. The van der Waals surface area contributed by atoms with E-state index in [0.29, 0.717) is 0 Å². The molecule has 0 unspecified atom stereocenters. The van der Waals surface area contributed by atoms with E-state index in [1.165, 1.54) is 69.4 Å². The molecule has 0 aliphatic carbocycles. The molecule has 0 spiro atoms. The first kappa shape index (κ1) is 26.0. The van der Waals surface area contributed by atoms with Crippen LogP contribution in [0.25, 0.3) is 103 Å². The molecule has 222 valence electrons. The molecule has 0 aliphatic heterocycles. The van der Waals surface area contributed by atoms with Crippen molar-refractivity contribution < 1.29 is 0 Å². The molecule has 7 aromatic carbocycles. The van der Waals surface area contributed by atoms with Crippen LogP contribution in [0.3, 0.4) is 0 Å². The quantitative estimate of drug-likeness (QED) is 0.179. The number of aromatic nitrogens is 3. The number of hydrogen-bond acceptors (Lipinski definition) is 3. The molecule has 11 aromatic rings. The Hall–Kier alpha value is -6.10. The third kappa shape index (κ3) is 3.58. The van der Waals surface area contributed by atoms with Gasteiger partial charge >= 0.3 is 0 Å². The van der Waals surface area contributed by atoms with E-state index in [4.69, 9.17) is 9.97 Å². The van der Waals surface area contributed by atoms with Gasteiger partial charge in [0.1, 0.15) is 5.65 Å². The van der Waals surface area contributed by atoms with Gasteiger partial charge in [-0.05, 0) is 75.3 Å². The minimum Gasteiger partial charge on any atom is -0.292 e. The molecule has 0 saturated heterocycles. The molecule has 0 aliphatic rings. The van der Waals surface area contributed by atoms with Crippen LogP contribution in [-0.4, -0.2) is 14.4 Å².